The van der Waals surface area contributed by atoms with Gasteiger partial charge >= 0.3 is 0 Å². The molecule has 0 saturated carbocycles. The molecule has 0 fully saturated rings. The number of benzene rings is 1. The topological polar surface area (TPSA) is 111 Å². The van der Waals surface area contributed by atoms with Crippen LogP contribution in [-0.4, -0.2) is 16.8 Å². The Morgan fingerprint density at radius 3 is 2.71 bits per heavy atom. The first-order valence-electron chi connectivity index (χ1n) is 6.00. The first-order valence-corrected chi connectivity index (χ1v) is 6.88. The lowest BCUT2D eigenvalue weighted by Crippen LogP contribution is -2.16. The number of thiazole rings is 1. The number of nitrogens with one attached hydrogen (secondary N) is 1. The number of carbonyl (C=O) groups is 2. The Bertz CT molecular complexity index is 699. The smallest absolute Gasteiger partial charge is 0.275 e. The van der Waals surface area contributed by atoms with Gasteiger partial charge in [-0.2, -0.15) is 0 Å². The number of nitrogens with two attached hydrogens (primary N) is 2. The molecule has 2 amide bonds. The third kappa shape index (κ3) is 3.41. The highest BCUT2D eigenvalue weighted by Gasteiger charge is 2.15. The summed E-state index contributed by atoms with van der Waals surface area (Å²) in [5, 5.41) is 4.74. The van der Waals surface area contributed by atoms with E-state index in [0.717, 1.165) is 6.07 Å². The van der Waals surface area contributed by atoms with Gasteiger partial charge in [-0.3, -0.25) is 9.59 Å². The number of halogens is 1. The highest BCUT2D eigenvalue weighted by atomic mass is 32.1. The first-order chi connectivity index (χ1) is 9.88. The Kier molecular flexibility index (Phi) is 4.29. The lowest BCUT2D eigenvalue weighted by Gasteiger charge is -2.05. The lowest BCUT2D eigenvalue weighted by molar-refractivity contribution is 0.0992. The molecule has 0 saturated heterocycles. The van der Waals surface area contributed by atoms with Crippen molar-refractivity contribution in [2.75, 3.05) is 5.32 Å². The molecular weight excluding hydrogens is 295 g/mol. The van der Waals surface area contributed by atoms with Crippen LogP contribution in [0, 0.1) is 5.82 Å². The minimum Gasteiger partial charge on any atom is -0.366 e. The molecule has 1 aromatic carbocycles. The maximum Gasteiger partial charge on any atom is 0.275 e. The van der Waals surface area contributed by atoms with Crippen molar-refractivity contribution in [3.05, 3.63) is 45.7 Å². The summed E-state index contributed by atoms with van der Waals surface area (Å²) in [5.74, 6) is -2.12. The van der Waals surface area contributed by atoms with Crippen LogP contribution in [0.2, 0.25) is 0 Å². The quantitative estimate of drug-likeness (QED) is 0.797. The Morgan fingerprint density at radius 2 is 2.14 bits per heavy atom. The largest absolute Gasteiger partial charge is 0.366 e. The second kappa shape index (κ2) is 5.98. The number of aromatic nitrogens is 1. The summed E-state index contributed by atoms with van der Waals surface area (Å²) in [6.07, 6.45) is 0. The normalized spacial score (nSPS) is 12.0. The molecule has 0 bridgehead atoms. The Labute approximate surface area is 124 Å². The molecule has 0 aliphatic carbocycles. The third-order valence-corrected chi connectivity index (χ3v) is 3.68. The highest BCUT2D eigenvalue weighted by Crippen LogP contribution is 2.18. The number of amides is 2. The zero-order valence-corrected chi connectivity index (χ0v) is 11.9. The number of rotatable bonds is 4. The van der Waals surface area contributed by atoms with Gasteiger partial charge in [0.15, 0.2) is 0 Å². The molecule has 8 heteroatoms. The summed E-state index contributed by atoms with van der Waals surface area (Å²) in [5.41, 5.74) is 10.9. The summed E-state index contributed by atoms with van der Waals surface area (Å²) in [6.45, 7) is 1.76. The van der Waals surface area contributed by atoms with E-state index in [9.17, 15) is 14.0 Å². The van der Waals surface area contributed by atoms with Crippen LogP contribution in [0.5, 0.6) is 0 Å². The fraction of sp³-hybridized carbons (Fsp3) is 0.154. The first kappa shape index (κ1) is 15.1. The fourth-order valence-electron chi connectivity index (χ4n) is 1.59. The van der Waals surface area contributed by atoms with Gasteiger partial charge in [0.2, 0.25) is 0 Å². The summed E-state index contributed by atoms with van der Waals surface area (Å²) in [4.78, 5) is 27.1. The monoisotopic (exact) mass is 308 g/mol. The molecule has 6 nitrogen and oxygen atoms in total. The maximum atomic E-state index is 13.3. The van der Waals surface area contributed by atoms with Gasteiger partial charge in [0, 0.05) is 11.1 Å². The number of nitrogens with zero attached hydrogens (tertiary/aromatic N) is 1. The van der Waals surface area contributed by atoms with Crippen LogP contribution in [0.1, 0.15) is 38.8 Å². The second-order valence-electron chi connectivity index (χ2n) is 4.37. The van der Waals surface area contributed by atoms with E-state index in [1.807, 2.05) is 0 Å². The molecular formula is C13H13FN4O2S. The van der Waals surface area contributed by atoms with Gasteiger partial charge in [-0.05, 0) is 25.1 Å². The molecule has 5 N–H and O–H groups in total. The minimum absolute atomic E-state index is 0.206. The van der Waals surface area contributed by atoms with Crippen LogP contribution in [0.15, 0.2) is 23.6 Å². The van der Waals surface area contributed by atoms with Gasteiger partial charge in [-0.25, -0.2) is 9.37 Å². The van der Waals surface area contributed by atoms with Gasteiger partial charge in [0.25, 0.3) is 11.8 Å². The molecule has 0 aliphatic rings. The van der Waals surface area contributed by atoms with Gasteiger partial charge in [0.05, 0.1) is 11.6 Å². The van der Waals surface area contributed by atoms with Crippen molar-refractivity contribution in [2.24, 2.45) is 11.5 Å². The van der Waals surface area contributed by atoms with E-state index in [1.54, 1.807) is 12.3 Å². The Morgan fingerprint density at radius 1 is 1.43 bits per heavy atom. The van der Waals surface area contributed by atoms with Gasteiger partial charge in [0.1, 0.15) is 16.5 Å². The third-order valence-electron chi connectivity index (χ3n) is 2.63. The Hall–Kier alpha value is -2.32. The second-order valence-corrected chi connectivity index (χ2v) is 5.26. The molecule has 0 spiro atoms. The predicted octanol–water partition coefficient (Wildman–Crippen LogP) is 1.65. The summed E-state index contributed by atoms with van der Waals surface area (Å²) < 4.78 is 13.3. The average Bonchev–Trinajstić information content (AvgIpc) is 2.90. The fourth-order valence-corrected chi connectivity index (χ4v) is 2.35. The van der Waals surface area contributed by atoms with Gasteiger partial charge in [-0.15, -0.1) is 11.3 Å². The molecule has 1 heterocycles. The molecule has 21 heavy (non-hydrogen) atoms. The van der Waals surface area contributed by atoms with E-state index >= 15 is 0 Å². The molecule has 1 aromatic heterocycles. The van der Waals surface area contributed by atoms with Crippen molar-refractivity contribution in [3.8, 4) is 0 Å². The summed E-state index contributed by atoms with van der Waals surface area (Å²) >= 11 is 1.28. The van der Waals surface area contributed by atoms with Crippen LogP contribution in [0.4, 0.5) is 10.1 Å². The maximum absolute atomic E-state index is 13.3. The number of anilines is 1. The van der Waals surface area contributed by atoms with Gasteiger partial charge in [-0.1, -0.05) is 0 Å². The van der Waals surface area contributed by atoms with Crippen LogP contribution in [0.3, 0.4) is 0 Å². The standard InChI is InChI=1S/C13H13FN4O2S/c1-6(15)13-18-10(5-21-13)12(20)17-7-2-3-9(14)8(4-7)11(16)19/h2-6H,15H2,1H3,(H2,16,19)(H,17,20). The van der Waals surface area contributed by atoms with E-state index in [0.29, 0.717) is 5.01 Å². The van der Waals surface area contributed by atoms with Gasteiger partial charge < -0.3 is 16.8 Å². The van der Waals surface area contributed by atoms with E-state index in [2.05, 4.69) is 10.3 Å². The number of primary amides is 1. The summed E-state index contributed by atoms with van der Waals surface area (Å²) in [6, 6.07) is 3.31. The minimum atomic E-state index is -0.906. The van der Waals surface area contributed by atoms with Crippen molar-refractivity contribution in [1.29, 1.82) is 0 Å². The Balaban J connectivity index is 2.19. The molecule has 1 atom stereocenters. The molecule has 2 rings (SSSR count). The van der Waals surface area contributed by atoms with Crippen molar-refractivity contribution >= 4 is 28.8 Å². The highest BCUT2D eigenvalue weighted by molar-refractivity contribution is 7.09. The molecule has 0 radical (unpaired) electrons. The van der Waals surface area contributed by atoms with Crippen LogP contribution >= 0.6 is 11.3 Å². The van der Waals surface area contributed by atoms with E-state index in [-0.39, 0.29) is 23.0 Å². The lowest BCUT2D eigenvalue weighted by atomic mass is 10.1. The number of hydrogen-bond donors (Lipinski definition) is 3. The van der Waals surface area contributed by atoms with Crippen LogP contribution in [0.25, 0.3) is 0 Å². The van der Waals surface area contributed by atoms with E-state index in [1.165, 1.54) is 23.5 Å². The zero-order valence-electron chi connectivity index (χ0n) is 11.1. The number of hydrogen-bond acceptors (Lipinski definition) is 5. The van der Waals surface area contributed by atoms with Crippen molar-refractivity contribution in [1.82, 2.24) is 4.98 Å². The van der Waals surface area contributed by atoms with Crippen molar-refractivity contribution in [2.45, 2.75) is 13.0 Å². The van der Waals surface area contributed by atoms with E-state index in [4.69, 9.17) is 11.5 Å². The van der Waals surface area contributed by atoms with Crippen molar-refractivity contribution in [3.63, 3.8) is 0 Å². The molecule has 110 valence electrons. The average molecular weight is 308 g/mol. The molecule has 1 unspecified atom stereocenters. The zero-order chi connectivity index (χ0) is 15.6. The van der Waals surface area contributed by atoms with E-state index < -0.39 is 17.6 Å². The predicted molar refractivity (Wildman–Crippen MR) is 77.6 cm³/mol. The molecule has 2 aromatic rings. The summed E-state index contributed by atoms with van der Waals surface area (Å²) in [7, 11) is 0. The van der Waals surface area contributed by atoms with Crippen LogP contribution in [-0.2, 0) is 0 Å². The van der Waals surface area contributed by atoms with Crippen LogP contribution < -0.4 is 16.8 Å². The molecule has 0 aliphatic heterocycles. The number of carbonyl (C=O) groups excluding carboxylic acids is 2. The SMILES string of the molecule is CC(N)c1nc(C(=O)Nc2ccc(F)c(C(N)=O)c2)cs1. The van der Waals surface area contributed by atoms with Crippen molar-refractivity contribution < 1.29 is 14.0 Å².